The van der Waals surface area contributed by atoms with Gasteiger partial charge in [-0.25, -0.2) is 8.42 Å². The lowest BCUT2D eigenvalue weighted by Crippen LogP contribution is -2.35. The number of hydrogen-bond donors (Lipinski definition) is 3. The Kier molecular flexibility index (Phi) is 8.68. The average Bonchev–Trinajstić information content (AvgIpc) is 2.62. The number of aliphatic hydroxyl groups is 1. The van der Waals surface area contributed by atoms with Crippen LogP contribution < -0.4 is 14.2 Å². The summed E-state index contributed by atoms with van der Waals surface area (Å²) < 4.78 is 61.0. The van der Waals surface area contributed by atoms with Crippen LogP contribution in [0, 0.1) is 10.1 Å². The zero-order valence-corrected chi connectivity index (χ0v) is 17.6. The summed E-state index contributed by atoms with van der Waals surface area (Å²) >= 11 is 0. The van der Waals surface area contributed by atoms with Crippen molar-refractivity contribution in [3.63, 3.8) is 0 Å². The molecule has 0 saturated carbocycles. The van der Waals surface area contributed by atoms with Gasteiger partial charge in [-0.3, -0.25) is 14.7 Å². The van der Waals surface area contributed by atoms with Crippen LogP contribution in [0.5, 0.6) is 11.5 Å². The molecular weight excluding hydrogens is 442 g/mol. The number of non-ortho nitro benzene ring substituents is 1. The van der Waals surface area contributed by atoms with Gasteiger partial charge in [-0.2, -0.15) is 8.42 Å². The van der Waals surface area contributed by atoms with E-state index in [4.69, 9.17) is 15.6 Å². The zero-order valence-electron chi connectivity index (χ0n) is 15.9. The Morgan fingerprint density at radius 2 is 1.70 bits per heavy atom. The second kappa shape index (κ2) is 10.3. The molecule has 0 heterocycles. The van der Waals surface area contributed by atoms with Crippen LogP contribution in [-0.2, 0) is 20.3 Å². The molecule has 2 aromatic rings. The van der Waals surface area contributed by atoms with Crippen LogP contribution >= 0.6 is 0 Å². The number of anilines is 1. The second-order valence-corrected chi connectivity index (χ2v) is 9.17. The molecule has 30 heavy (non-hydrogen) atoms. The lowest BCUT2D eigenvalue weighted by molar-refractivity contribution is -0.384. The van der Waals surface area contributed by atoms with Crippen molar-refractivity contribution in [1.82, 2.24) is 0 Å². The summed E-state index contributed by atoms with van der Waals surface area (Å²) in [5.74, 6) is -0.267. The number of para-hydroxylation sites is 1. The molecule has 1 atom stereocenters. The third kappa shape index (κ3) is 7.57. The van der Waals surface area contributed by atoms with E-state index in [1.165, 1.54) is 12.1 Å². The van der Waals surface area contributed by atoms with Gasteiger partial charge < -0.3 is 15.6 Å². The molecule has 4 N–H and O–H groups in total. The van der Waals surface area contributed by atoms with Crippen molar-refractivity contribution in [1.29, 1.82) is 0 Å². The van der Waals surface area contributed by atoms with E-state index in [-0.39, 0.29) is 15.6 Å². The first-order valence-corrected chi connectivity index (χ1v) is 11.4. The minimum Gasteiger partial charge on any atom is -0.455 e. The van der Waals surface area contributed by atoms with E-state index in [0.717, 1.165) is 18.2 Å². The maximum Gasteiger partial charge on any atom is 0.373 e. The van der Waals surface area contributed by atoms with Crippen LogP contribution in [0.1, 0.15) is 6.92 Å². The van der Waals surface area contributed by atoms with Gasteiger partial charge in [0.1, 0.15) is 11.4 Å². The fraction of sp³-hybridized carbons (Fsp3) is 0.250. The van der Waals surface area contributed by atoms with Gasteiger partial charge in [0.2, 0.25) is 10.0 Å². The minimum absolute atomic E-state index is 0.174. The van der Waals surface area contributed by atoms with Crippen LogP contribution in [0.3, 0.4) is 0 Å². The largest absolute Gasteiger partial charge is 0.455 e. The lowest BCUT2D eigenvalue weighted by Gasteiger charge is -2.20. The molecule has 0 aromatic heterocycles. The van der Waals surface area contributed by atoms with E-state index in [1.807, 2.05) is 0 Å². The van der Waals surface area contributed by atoms with Gasteiger partial charge in [-0.15, -0.1) is 3.71 Å². The fourth-order valence-corrected chi connectivity index (χ4v) is 4.21. The van der Waals surface area contributed by atoms with E-state index >= 15 is 0 Å². The summed E-state index contributed by atoms with van der Waals surface area (Å²) in [6.45, 7) is 2.01. The Balaban J connectivity index is 0.000000804. The van der Waals surface area contributed by atoms with Crippen molar-refractivity contribution < 1.29 is 36.2 Å². The molecule has 0 spiro atoms. The normalized spacial score (nSPS) is 12.3. The highest BCUT2D eigenvalue weighted by Crippen LogP contribution is 2.37. The number of rotatable bonds is 7. The molecule has 0 amide bonds. The smallest absolute Gasteiger partial charge is 0.373 e. The maximum atomic E-state index is 11.8. The highest BCUT2D eigenvalue weighted by Gasteiger charge is 2.33. The molecule has 0 aliphatic rings. The van der Waals surface area contributed by atoms with Gasteiger partial charge in [-0.05, 0) is 25.1 Å². The topological polar surface area (TPSA) is 190 Å². The van der Waals surface area contributed by atoms with Crippen LogP contribution in [0.4, 0.5) is 11.4 Å². The monoisotopic (exact) mass is 463 g/mol. The summed E-state index contributed by atoms with van der Waals surface area (Å²) in [6, 6.07) is 10.4. The molecule has 0 saturated heterocycles. The van der Waals surface area contributed by atoms with Crippen molar-refractivity contribution in [2.24, 2.45) is 5.73 Å². The number of nitrogens with two attached hydrogens (primary N) is 1. The molecule has 14 heteroatoms. The Hall–Kier alpha value is -2.78. The van der Waals surface area contributed by atoms with E-state index in [1.54, 1.807) is 25.1 Å². The summed E-state index contributed by atoms with van der Waals surface area (Å²) in [5, 5.41) is 19.2. The number of ether oxygens (including phenoxy) is 1. The van der Waals surface area contributed by atoms with E-state index < -0.39 is 42.4 Å². The highest BCUT2D eigenvalue weighted by atomic mass is 32.3. The molecule has 166 valence electrons. The Labute approximate surface area is 173 Å². The Bertz CT molecular complexity index is 1040. The molecule has 0 radical (unpaired) electrons. The summed E-state index contributed by atoms with van der Waals surface area (Å²) in [5.41, 5.74) is 3.86. The molecule has 2 aromatic carbocycles. The molecular formula is C16H21N3O9S2. The number of nitro benzene ring substituents is 1. The number of hydrogen-bond acceptors (Lipinski definition) is 9. The van der Waals surface area contributed by atoms with Crippen LogP contribution in [0.2, 0.25) is 0 Å². The van der Waals surface area contributed by atoms with Crippen molar-refractivity contribution >= 4 is 31.7 Å². The first-order chi connectivity index (χ1) is 13.8. The van der Waals surface area contributed by atoms with E-state index in [2.05, 4.69) is 0 Å². The molecule has 2 rings (SSSR count). The zero-order chi connectivity index (χ0) is 23.1. The molecule has 1 unspecified atom stereocenters. The van der Waals surface area contributed by atoms with Crippen LogP contribution in [0.15, 0.2) is 48.5 Å². The van der Waals surface area contributed by atoms with Crippen LogP contribution in [-0.4, -0.2) is 50.3 Å². The summed E-state index contributed by atoms with van der Waals surface area (Å²) in [6.07, 6.45) is 0.212. The fourth-order valence-electron chi connectivity index (χ4n) is 1.94. The first kappa shape index (κ1) is 25.3. The summed E-state index contributed by atoms with van der Waals surface area (Å²) in [7, 11) is -9.71. The van der Waals surface area contributed by atoms with Gasteiger partial charge in [0.25, 0.3) is 5.69 Å². The van der Waals surface area contributed by atoms with Crippen molar-refractivity contribution in [3.8, 4) is 11.5 Å². The second-order valence-electron chi connectivity index (χ2n) is 5.85. The standard InChI is InChI=1S/C13H12N2O8S2.C3H9NO/c1-24(18,19)15(25(20,21)22)12-8-7-10(14(16)17)9-13(12)23-11-5-3-2-4-6-11;1-3(5)2-4/h2-9H,1H3,(H,20,21,22);3,5H,2,4H2,1H3. The van der Waals surface area contributed by atoms with E-state index in [0.29, 0.717) is 12.8 Å². The molecule has 0 fully saturated rings. The van der Waals surface area contributed by atoms with Gasteiger partial charge in [-0.1, -0.05) is 18.2 Å². The maximum absolute atomic E-state index is 11.8. The predicted octanol–water partition coefficient (Wildman–Crippen LogP) is 1.28. The minimum atomic E-state index is -5.23. The van der Waals surface area contributed by atoms with Crippen LogP contribution in [0.25, 0.3) is 0 Å². The Morgan fingerprint density at radius 3 is 2.10 bits per heavy atom. The van der Waals surface area contributed by atoms with Gasteiger partial charge in [0.15, 0.2) is 5.75 Å². The quantitative estimate of drug-likeness (QED) is 0.306. The van der Waals surface area contributed by atoms with Crippen molar-refractivity contribution in [2.45, 2.75) is 13.0 Å². The number of sulfonamides is 1. The molecule has 0 bridgehead atoms. The van der Waals surface area contributed by atoms with Crippen molar-refractivity contribution in [3.05, 3.63) is 58.6 Å². The molecule has 0 aliphatic heterocycles. The van der Waals surface area contributed by atoms with Gasteiger partial charge in [0.05, 0.1) is 23.3 Å². The summed E-state index contributed by atoms with van der Waals surface area (Å²) in [4.78, 5) is 10.2. The SMILES string of the molecule is CC(O)CN.CS(=O)(=O)N(c1ccc([N+](=O)[O-])cc1Oc1ccccc1)S(=O)(=O)O. The number of aliphatic hydroxyl groups excluding tert-OH is 1. The average molecular weight is 463 g/mol. The molecule has 0 aliphatic carbocycles. The molecule has 12 nitrogen and oxygen atoms in total. The number of nitrogens with zero attached hydrogens (tertiary/aromatic N) is 2. The Morgan fingerprint density at radius 1 is 1.17 bits per heavy atom. The van der Waals surface area contributed by atoms with Gasteiger partial charge in [0, 0.05) is 12.6 Å². The lowest BCUT2D eigenvalue weighted by atomic mass is 10.2. The first-order valence-electron chi connectivity index (χ1n) is 8.14. The third-order valence-corrected chi connectivity index (χ3v) is 5.97. The van der Waals surface area contributed by atoms with Crippen molar-refractivity contribution in [2.75, 3.05) is 16.5 Å². The number of nitro groups is 1. The highest BCUT2D eigenvalue weighted by molar-refractivity contribution is 8.07. The predicted molar refractivity (Wildman–Crippen MR) is 109 cm³/mol. The third-order valence-electron chi connectivity index (χ3n) is 3.17. The van der Waals surface area contributed by atoms with E-state index in [9.17, 15) is 31.5 Å². The van der Waals surface area contributed by atoms with Gasteiger partial charge >= 0.3 is 10.3 Å². The number of benzene rings is 2.